The van der Waals surface area contributed by atoms with Crippen LogP contribution >= 0.6 is 0 Å². The van der Waals surface area contributed by atoms with Gasteiger partial charge in [-0.15, -0.1) is 0 Å². The number of esters is 1. The van der Waals surface area contributed by atoms with Crippen molar-refractivity contribution in [2.24, 2.45) is 5.92 Å². The fourth-order valence-electron chi connectivity index (χ4n) is 1.93. The molecule has 3 heteroatoms. The van der Waals surface area contributed by atoms with Crippen LogP contribution in [0.5, 0.6) is 0 Å². The van der Waals surface area contributed by atoms with Gasteiger partial charge in [0.25, 0.3) is 0 Å². The number of carbonyl (C=O) groups excluding carboxylic acids is 1. The second-order valence-corrected chi connectivity index (χ2v) is 3.29. The van der Waals surface area contributed by atoms with Crippen LogP contribution in [0, 0.1) is 5.92 Å². The normalized spacial score (nSPS) is 37.2. The predicted octanol–water partition coefficient (Wildman–Crippen LogP) is 0.466. The summed E-state index contributed by atoms with van der Waals surface area (Å²) in [6, 6.07) is 0.323. The van der Waals surface area contributed by atoms with E-state index in [0.29, 0.717) is 18.6 Å². The van der Waals surface area contributed by atoms with Crippen LogP contribution in [-0.2, 0) is 9.53 Å². The van der Waals surface area contributed by atoms with Gasteiger partial charge in [0.15, 0.2) is 0 Å². The first-order valence-electron chi connectivity index (χ1n) is 4.42. The first kappa shape index (κ1) is 7.80. The molecule has 2 unspecified atom stereocenters. The van der Waals surface area contributed by atoms with E-state index < -0.39 is 0 Å². The molecule has 1 saturated heterocycles. The lowest BCUT2D eigenvalue weighted by Crippen LogP contribution is -2.40. The molecule has 0 amide bonds. The van der Waals surface area contributed by atoms with Gasteiger partial charge in [-0.2, -0.15) is 0 Å². The maximum Gasteiger partial charge on any atom is 0.323 e. The highest BCUT2D eigenvalue weighted by Crippen LogP contribution is 2.29. The Bertz CT molecular complexity index is 225. The zero-order chi connectivity index (χ0) is 8.55. The van der Waals surface area contributed by atoms with Crippen molar-refractivity contribution in [3.63, 3.8) is 0 Å². The fourth-order valence-corrected chi connectivity index (χ4v) is 1.93. The summed E-state index contributed by atoms with van der Waals surface area (Å²) in [5, 5.41) is 3.21. The van der Waals surface area contributed by atoms with Gasteiger partial charge in [-0.1, -0.05) is 12.2 Å². The smallest absolute Gasteiger partial charge is 0.323 e. The number of nitrogens with one attached hydrogen (secondary N) is 1. The molecular weight excluding hydrogens is 154 g/mol. The average Bonchev–Trinajstić information content (AvgIpc) is 2.64. The Kier molecular flexibility index (Phi) is 1.89. The van der Waals surface area contributed by atoms with Crippen LogP contribution < -0.4 is 5.32 Å². The molecule has 3 atom stereocenters. The lowest BCUT2D eigenvalue weighted by atomic mass is 10.0. The summed E-state index contributed by atoms with van der Waals surface area (Å²) in [5.41, 5.74) is 0. The average molecular weight is 167 g/mol. The molecule has 0 aromatic rings. The third-order valence-electron chi connectivity index (χ3n) is 2.48. The summed E-state index contributed by atoms with van der Waals surface area (Å²) >= 11 is 0. The summed E-state index contributed by atoms with van der Waals surface area (Å²) in [6.45, 7) is 2.30. The highest BCUT2D eigenvalue weighted by Gasteiger charge is 2.39. The summed E-state index contributed by atoms with van der Waals surface area (Å²) in [6.07, 6.45) is 5.30. The van der Waals surface area contributed by atoms with Crippen molar-refractivity contribution in [1.82, 2.24) is 5.32 Å². The molecule has 1 aliphatic carbocycles. The Morgan fingerprint density at radius 3 is 3.00 bits per heavy atom. The van der Waals surface area contributed by atoms with E-state index in [1.807, 2.05) is 6.92 Å². The van der Waals surface area contributed by atoms with Crippen molar-refractivity contribution < 1.29 is 9.53 Å². The largest absolute Gasteiger partial charge is 0.465 e. The van der Waals surface area contributed by atoms with Crippen molar-refractivity contribution >= 4 is 5.97 Å². The molecule has 2 rings (SSSR count). The van der Waals surface area contributed by atoms with E-state index in [1.54, 1.807) is 0 Å². The highest BCUT2D eigenvalue weighted by molar-refractivity contribution is 5.77. The van der Waals surface area contributed by atoms with Crippen LogP contribution in [-0.4, -0.2) is 24.7 Å². The molecule has 2 bridgehead atoms. The molecule has 0 radical (unpaired) electrons. The minimum Gasteiger partial charge on any atom is -0.465 e. The van der Waals surface area contributed by atoms with E-state index in [1.165, 1.54) is 0 Å². The topological polar surface area (TPSA) is 38.3 Å². The molecule has 0 saturated carbocycles. The Balaban J connectivity index is 1.98. The molecular formula is C9H13NO2. The number of ether oxygens (including phenoxy) is 1. The summed E-state index contributed by atoms with van der Waals surface area (Å²) in [5.74, 6) is 0.267. The van der Waals surface area contributed by atoms with Gasteiger partial charge in [0.2, 0.25) is 0 Å². The molecule has 66 valence electrons. The molecule has 0 spiro atoms. The van der Waals surface area contributed by atoms with Crippen molar-refractivity contribution in [3.8, 4) is 0 Å². The molecule has 0 aromatic heterocycles. The van der Waals surface area contributed by atoms with Gasteiger partial charge in [0.05, 0.1) is 6.61 Å². The number of carbonyl (C=O) groups is 1. The van der Waals surface area contributed by atoms with Crippen molar-refractivity contribution in [3.05, 3.63) is 12.2 Å². The molecule has 0 aromatic carbocycles. The van der Waals surface area contributed by atoms with E-state index in [-0.39, 0.29) is 12.0 Å². The van der Waals surface area contributed by atoms with Gasteiger partial charge < -0.3 is 4.74 Å². The Hall–Kier alpha value is -0.830. The standard InChI is InChI=1S/C9H13NO2/c1-2-12-9(11)8-6-3-4-7(5-6)10-8/h3-4,6-8,10H,2,5H2,1H3/t6?,7?,8-/m0/s1. The van der Waals surface area contributed by atoms with E-state index in [9.17, 15) is 4.79 Å². The maximum atomic E-state index is 11.3. The van der Waals surface area contributed by atoms with Crippen LogP contribution in [0.1, 0.15) is 13.3 Å². The summed E-state index contributed by atoms with van der Waals surface area (Å²) in [4.78, 5) is 11.3. The quantitative estimate of drug-likeness (QED) is 0.480. The Morgan fingerprint density at radius 2 is 2.50 bits per heavy atom. The molecule has 1 heterocycles. The van der Waals surface area contributed by atoms with Crippen molar-refractivity contribution in [2.45, 2.75) is 25.4 Å². The highest BCUT2D eigenvalue weighted by atomic mass is 16.5. The van der Waals surface area contributed by atoms with Crippen molar-refractivity contribution in [2.75, 3.05) is 6.61 Å². The van der Waals surface area contributed by atoms with E-state index >= 15 is 0 Å². The molecule has 12 heavy (non-hydrogen) atoms. The minimum atomic E-state index is -0.102. The minimum absolute atomic E-state index is 0.0834. The number of hydrogen-bond acceptors (Lipinski definition) is 3. The summed E-state index contributed by atoms with van der Waals surface area (Å²) < 4.78 is 4.94. The SMILES string of the molecule is CCOC(=O)[C@H]1NC2C=CC1C2. The Labute approximate surface area is 71.8 Å². The zero-order valence-corrected chi connectivity index (χ0v) is 7.12. The third kappa shape index (κ3) is 1.14. The van der Waals surface area contributed by atoms with Gasteiger partial charge in [0.1, 0.15) is 6.04 Å². The molecule has 3 nitrogen and oxygen atoms in total. The van der Waals surface area contributed by atoms with Gasteiger partial charge in [0, 0.05) is 12.0 Å². The number of rotatable bonds is 2. The monoisotopic (exact) mass is 167 g/mol. The first-order chi connectivity index (χ1) is 5.81. The first-order valence-corrected chi connectivity index (χ1v) is 4.42. The Morgan fingerprint density at radius 1 is 1.67 bits per heavy atom. The fraction of sp³-hybridized carbons (Fsp3) is 0.667. The van der Waals surface area contributed by atoms with Crippen LogP contribution in [0.15, 0.2) is 12.2 Å². The van der Waals surface area contributed by atoms with E-state index in [4.69, 9.17) is 4.74 Å². The molecule has 1 fully saturated rings. The molecule has 2 aliphatic rings. The second kappa shape index (κ2) is 2.90. The van der Waals surface area contributed by atoms with E-state index in [0.717, 1.165) is 6.42 Å². The van der Waals surface area contributed by atoms with Crippen LogP contribution in [0.3, 0.4) is 0 Å². The van der Waals surface area contributed by atoms with Crippen molar-refractivity contribution in [1.29, 1.82) is 0 Å². The zero-order valence-electron chi connectivity index (χ0n) is 7.12. The number of fused-ring (bicyclic) bond motifs is 2. The van der Waals surface area contributed by atoms with Crippen LogP contribution in [0.2, 0.25) is 0 Å². The van der Waals surface area contributed by atoms with Gasteiger partial charge in [-0.05, 0) is 13.3 Å². The maximum absolute atomic E-state index is 11.3. The second-order valence-electron chi connectivity index (χ2n) is 3.29. The number of hydrogen-bond donors (Lipinski definition) is 1. The lowest BCUT2D eigenvalue weighted by Gasteiger charge is -2.17. The third-order valence-corrected chi connectivity index (χ3v) is 2.48. The van der Waals surface area contributed by atoms with Gasteiger partial charge in [-0.25, -0.2) is 0 Å². The molecule has 1 aliphatic heterocycles. The predicted molar refractivity (Wildman–Crippen MR) is 44.6 cm³/mol. The summed E-state index contributed by atoms with van der Waals surface area (Å²) in [7, 11) is 0. The van der Waals surface area contributed by atoms with Gasteiger partial charge >= 0.3 is 5.97 Å². The van der Waals surface area contributed by atoms with E-state index in [2.05, 4.69) is 17.5 Å². The van der Waals surface area contributed by atoms with Crippen LogP contribution in [0.4, 0.5) is 0 Å². The van der Waals surface area contributed by atoms with Gasteiger partial charge in [-0.3, -0.25) is 10.1 Å². The molecule has 1 N–H and O–H groups in total. The lowest BCUT2D eigenvalue weighted by molar-refractivity contribution is -0.146. The van der Waals surface area contributed by atoms with Crippen LogP contribution in [0.25, 0.3) is 0 Å².